The molecule has 0 saturated heterocycles. The molecule has 1 aromatic rings. The highest BCUT2D eigenvalue weighted by atomic mass is 16.5. The van der Waals surface area contributed by atoms with Crippen LogP contribution in [0.25, 0.3) is 0 Å². The van der Waals surface area contributed by atoms with E-state index in [9.17, 15) is 4.79 Å². The molecule has 0 aromatic carbocycles. The molecule has 0 bridgehead atoms. The second-order valence-electron chi connectivity index (χ2n) is 5.05. The predicted octanol–water partition coefficient (Wildman–Crippen LogP) is 2.19. The van der Waals surface area contributed by atoms with Crippen LogP contribution in [0.2, 0.25) is 0 Å². The summed E-state index contributed by atoms with van der Waals surface area (Å²) in [7, 11) is 2.00. The van der Waals surface area contributed by atoms with Crippen LogP contribution < -0.4 is 9.64 Å². The standard InChI is InChI=1S/C14H21N3O3/c1-4-10(2)16(3)12-6-5-11-9-17(14(18)19)7-8-20-13(11)15-12/h5-6,10H,4,7-9H2,1-3H3,(H,18,19). The van der Waals surface area contributed by atoms with E-state index in [0.717, 1.165) is 17.8 Å². The summed E-state index contributed by atoms with van der Waals surface area (Å²) in [5, 5.41) is 9.08. The Morgan fingerprint density at radius 1 is 1.60 bits per heavy atom. The van der Waals surface area contributed by atoms with Crippen molar-refractivity contribution in [2.24, 2.45) is 0 Å². The minimum Gasteiger partial charge on any atom is -0.475 e. The van der Waals surface area contributed by atoms with Gasteiger partial charge in [-0.3, -0.25) is 0 Å². The van der Waals surface area contributed by atoms with Crippen molar-refractivity contribution >= 4 is 11.9 Å². The average Bonchev–Trinajstić information content (AvgIpc) is 2.67. The van der Waals surface area contributed by atoms with Gasteiger partial charge < -0.3 is 19.6 Å². The fraction of sp³-hybridized carbons (Fsp3) is 0.571. The molecular formula is C14H21N3O3. The second-order valence-corrected chi connectivity index (χ2v) is 5.05. The van der Waals surface area contributed by atoms with Crippen LogP contribution >= 0.6 is 0 Å². The zero-order valence-corrected chi connectivity index (χ0v) is 12.2. The highest BCUT2D eigenvalue weighted by Gasteiger charge is 2.21. The first kappa shape index (κ1) is 14.4. The molecule has 1 aromatic heterocycles. The number of hydrogen-bond donors (Lipinski definition) is 1. The SMILES string of the molecule is CCC(C)N(C)c1ccc2c(n1)OCCN(C(=O)O)C2. The first-order valence-electron chi connectivity index (χ1n) is 6.86. The largest absolute Gasteiger partial charge is 0.475 e. The van der Waals surface area contributed by atoms with Crippen LogP contribution in [0.15, 0.2) is 12.1 Å². The van der Waals surface area contributed by atoms with Crippen LogP contribution in [0.5, 0.6) is 5.88 Å². The van der Waals surface area contributed by atoms with E-state index in [1.807, 2.05) is 19.2 Å². The molecule has 0 spiro atoms. The van der Waals surface area contributed by atoms with E-state index in [-0.39, 0.29) is 0 Å². The van der Waals surface area contributed by atoms with Crippen LogP contribution in [0.3, 0.4) is 0 Å². The lowest BCUT2D eigenvalue weighted by atomic mass is 10.2. The maximum absolute atomic E-state index is 11.1. The van der Waals surface area contributed by atoms with Gasteiger partial charge in [0.25, 0.3) is 0 Å². The number of hydrogen-bond acceptors (Lipinski definition) is 4. The summed E-state index contributed by atoms with van der Waals surface area (Å²) in [6, 6.07) is 4.21. The summed E-state index contributed by atoms with van der Waals surface area (Å²) in [5.41, 5.74) is 0.811. The van der Waals surface area contributed by atoms with Gasteiger partial charge in [-0.2, -0.15) is 4.98 Å². The third kappa shape index (κ3) is 2.95. The summed E-state index contributed by atoms with van der Waals surface area (Å²) >= 11 is 0. The van der Waals surface area contributed by atoms with Gasteiger partial charge in [-0.15, -0.1) is 0 Å². The van der Waals surface area contributed by atoms with Gasteiger partial charge in [0.2, 0.25) is 5.88 Å². The van der Waals surface area contributed by atoms with E-state index in [1.54, 1.807) is 0 Å². The van der Waals surface area contributed by atoms with Crippen molar-refractivity contribution in [1.82, 2.24) is 9.88 Å². The molecule has 6 nitrogen and oxygen atoms in total. The molecule has 0 saturated carbocycles. The quantitative estimate of drug-likeness (QED) is 0.918. The minimum absolute atomic E-state index is 0.324. The number of fused-ring (bicyclic) bond motifs is 1. The number of carboxylic acid groups (broad SMARTS) is 1. The number of carbonyl (C=O) groups is 1. The molecule has 1 amide bonds. The van der Waals surface area contributed by atoms with Gasteiger partial charge in [0.1, 0.15) is 12.4 Å². The maximum Gasteiger partial charge on any atom is 0.407 e. The molecule has 110 valence electrons. The lowest BCUT2D eigenvalue weighted by molar-refractivity contribution is 0.137. The molecule has 2 rings (SSSR count). The number of rotatable bonds is 3. The topological polar surface area (TPSA) is 65.9 Å². The molecule has 1 N–H and O–H groups in total. The summed E-state index contributed by atoms with van der Waals surface area (Å²) in [6.45, 7) is 5.29. The number of ether oxygens (including phenoxy) is 1. The third-order valence-corrected chi connectivity index (χ3v) is 3.77. The lowest BCUT2D eigenvalue weighted by Gasteiger charge is -2.25. The van der Waals surface area contributed by atoms with Crippen molar-refractivity contribution in [3.05, 3.63) is 17.7 Å². The number of anilines is 1. The van der Waals surface area contributed by atoms with Crippen molar-refractivity contribution in [2.75, 3.05) is 25.1 Å². The van der Waals surface area contributed by atoms with Gasteiger partial charge in [-0.25, -0.2) is 4.79 Å². The maximum atomic E-state index is 11.1. The Kier molecular flexibility index (Phi) is 4.32. The Balaban J connectivity index is 2.24. The van der Waals surface area contributed by atoms with Crippen molar-refractivity contribution in [3.8, 4) is 5.88 Å². The molecule has 2 heterocycles. The van der Waals surface area contributed by atoms with E-state index in [2.05, 4.69) is 23.7 Å². The van der Waals surface area contributed by atoms with Gasteiger partial charge in [0.05, 0.1) is 13.1 Å². The Morgan fingerprint density at radius 3 is 3.00 bits per heavy atom. The fourth-order valence-electron chi connectivity index (χ4n) is 2.10. The molecule has 1 unspecified atom stereocenters. The summed E-state index contributed by atoms with van der Waals surface area (Å²) in [4.78, 5) is 19.0. The summed E-state index contributed by atoms with van der Waals surface area (Å²) < 4.78 is 5.59. The van der Waals surface area contributed by atoms with E-state index < -0.39 is 6.09 Å². The second kappa shape index (κ2) is 5.98. The van der Waals surface area contributed by atoms with Crippen molar-refractivity contribution in [1.29, 1.82) is 0 Å². The molecule has 0 fully saturated rings. The Bertz CT molecular complexity index is 493. The van der Waals surface area contributed by atoms with Crippen LogP contribution in [-0.4, -0.2) is 47.3 Å². The van der Waals surface area contributed by atoms with Crippen LogP contribution in [0.4, 0.5) is 10.6 Å². The molecule has 1 atom stereocenters. The Morgan fingerprint density at radius 2 is 2.35 bits per heavy atom. The zero-order chi connectivity index (χ0) is 14.7. The van der Waals surface area contributed by atoms with Gasteiger partial charge in [0.15, 0.2) is 0 Å². The Hall–Kier alpha value is -1.98. The average molecular weight is 279 g/mol. The molecule has 1 aliphatic heterocycles. The van der Waals surface area contributed by atoms with E-state index >= 15 is 0 Å². The number of nitrogens with zero attached hydrogens (tertiary/aromatic N) is 3. The van der Waals surface area contributed by atoms with Gasteiger partial charge in [-0.05, 0) is 25.5 Å². The van der Waals surface area contributed by atoms with Crippen LogP contribution in [0.1, 0.15) is 25.8 Å². The number of pyridine rings is 1. The molecule has 0 radical (unpaired) electrons. The van der Waals surface area contributed by atoms with E-state index in [4.69, 9.17) is 9.84 Å². The van der Waals surface area contributed by atoms with E-state index in [0.29, 0.717) is 31.6 Å². The summed E-state index contributed by atoms with van der Waals surface area (Å²) in [6.07, 6.45) is 0.102. The molecular weight excluding hydrogens is 258 g/mol. The highest BCUT2D eigenvalue weighted by Crippen LogP contribution is 2.25. The Labute approximate surface area is 119 Å². The highest BCUT2D eigenvalue weighted by molar-refractivity contribution is 5.65. The van der Waals surface area contributed by atoms with Crippen LogP contribution in [-0.2, 0) is 6.54 Å². The van der Waals surface area contributed by atoms with Crippen molar-refractivity contribution in [2.45, 2.75) is 32.9 Å². The normalized spacial score (nSPS) is 15.8. The summed E-state index contributed by atoms with van der Waals surface area (Å²) in [5.74, 6) is 1.39. The first-order chi connectivity index (χ1) is 9.52. The fourth-order valence-corrected chi connectivity index (χ4v) is 2.10. The predicted molar refractivity (Wildman–Crippen MR) is 76.3 cm³/mol. The smallest absolute Gasteiger partial charge is 0.407 e. The third-order valence-electron chi connectivity index (χ3n) is 3.77. The van der Waals surface area contributed by atoms with Crippen LogP contribution in [0, 0.1) is 0 Å². The lowest BCUT2D eigenvalue weighted by Crippen LogP contribution is -2.30. The molecule has 0 aliphatic carbocycles. The number of amides is 1. The number of aromatic nitrogens is 1. The van der Waals surface area contributed by atoms with Gasteiger partial charge in [0, 0.05) is 18.7 Å². The first-order valence-corrected chi connectivity index (χ1v) is 6.86. The van der Waals surface area contributed by atoms with Gasteiger partial charge in [-0.1, -0.05) is 6.92 Å². The zero-order valence-electron chi connectivity index (χ0n) is 12.2. The van der Waals surface area contributed by atoms with Gasteiger partial charge >= 0.3 is 6.09 Å². The monoisotopic (exact) mass is 279 g/mol. The molecule has 6 heteroatoms. The van der Waals surface area contributed by atoms with E-state index in [1.165, 1.54) is 4.90 Å². The molecule has 20 heavy (non-hydrogen) atoms. The molecule has 1 aliphatic rings. The van der Waals surface area contributed by atoms with Crippen molar-refractivity contribution in [3.63, 3.8) is 0 Å². The minimum atomic E-state index is -0.928. The van der Waals surface area contributed by atoms with Crippen molar-refractivity contribution < 1.29 is 14.6 Å².